The van der Waals surface area contributed by atoms with Crippen LogP contribution in [0.25, 0.3) is 11.3 Å². The van der Waals surface area contributed by atoms with Gasteiger partial charge in [-0.25, -0.2) is 0 Å². The van der Waals surface area contributed by atoms with E-state index in [1.54, 1.807) is 0 Å². The largest absolute Gasteiger partial charge is 0.342 e. The molecule has 4 aliphatic heterocycles. The number of aromatic nitrogens is 3. The summed E-state index contributed by atoms with van der Waals surface area (Å²) in [5, 5.41) is 8.86. The molecule has 1 amide bonds. The average molecular weight is 422 g/mol. The fourth-order valence-corrected chi connectivity index (χ4v) is 5.66. The molecule has 1 unspecified atom stereocenters. The third-order valence-electron chi connectivity index (χ3n) is 7.60. The molecule has 166 valence electrons. The molecule has 4 atom stereocenters. The molecular weight excluding hydrogens is 386 g/mol. The van der Waals surface area contributed by atoms with Crippen LogP contribution in [-0.2, 0) is 16.8 Å². The Kier molecular flexibility index (Phi) is 5.37. The quantitative estimate of drug-likeness (QED) is 0.757. The van der Waals surface area contributed by atoms with Crippen molar-refractivity contribution in [3.8, 4) is 11.3 Å². The first-order valence-electron chi connectivity index (χ1n) is 11.9. The minimum absolute atomic E-state index is 0.152. The fourth-order valence-electron chi connectivity index (χ4n) is 5.66. The van der Waals surface area contributed by atoms with E-state index in [0.29, 0.717) is 17.9 Å². The lowest BCUT2D eigenvalue weighted by molar-refractivity contribution is -0.142. The van der Waals surface area contributed by atoms with Crippen LogP contribution in [0.2, 0.25) is 0 Å². The van der Waals surface area contributed by atoms with Crippen molar-refractivity contribution < 1.29 is 4.79 Å². The Morgan fingerprint density at radius 1 is 1.10 bits per heavy atom. The van der Waals surface area contributed by atoms with Gasteiger partial charge in [-0.05, 0) is 49.1 Å². The number of nitrogens with zero attached hydrogens (tertiary/aromatic N) is 5. The van der Waals surface area contributed by atoms with Gasteiger partial charge in [0.05, 0.1) is 18.7 Å². The zero-order valence-electron chi connectivity index (χ0n) is 19.1. The van der Waals surface area contributed by atoms with Gasteiger partial charge in [0.2, 0.25) is 5.91 Å². The highest BCUT2D eigenvalue weighted by atomic mass is 16.2. The highest BCUT2D eigenvalue weighted by molar-refractivity contribution is 5.80. The molecule has 1 aromatic heterocycles. The fraction of sp³-hybridized carbons (Fsp3) is 0.640. The average Bonchev–Trinajstić information content (AvgIpc) is 3.46. The molecule has 4 aliphatic rings. The summed E-state index contributed by atoms with van der Waals surface area (Å²) >= 11 is 0. The van der Waals surface area contributed by atoms with Gasteiger partial charge in [0, 0.05) is 31.2 Å². The van der Waals surface area contributed by atoms with Crippen molar-refractivity contribution in [3.05, 3.63) is 36.0 Å². The van der Waals surface area contributed by atoms with Crippen molar-refractivity contribution >= 4 is 5.91 Å². The Bertz CT molecular complexity index is 922. The third kappa shape index (κ3) is 4.14. The Morgan fingerprint density at radius 3 is 2.48 bits per heavy atom. The summed E-state index contributed by atoms with van der Waals surface area (Å²) in [4.78, 5) is 17.6. The van der Waals surface area contributed by atoms with Gasteiger partial charge in [0.25, 0.3) is 0 Å². The predicted octanol–water partition coefficient (Wildman–Crippen LogP) is 3.58. The maximum absolute atomic E-state index is 13.0. The van der Waals surface area contributed by atoms with Crippen LogP contribution in [0.1, 0.15) is 52.0 Å². The van der Waals surface area contributed by atoms with Crippen LogP contribution in [-0.4, -0.2) is 62.9 Å². The van der Waals surface area contributed by atoms with Crippen molar-refractivity contribution in [2.45, 2.75) is 64.5 Å². The summed E-state index contributed by atoms with van der Waals surface area (Å²) in [5.74, 6) is 1.14. The van der Waals surface area contributed by atoms with Crippen LogP contribution >= 0.6 is 0 Å². The SMILES string of the molecule is CC(C)(C)c1ccc(-c2cn(C[C@H]3C[C@@H]4CCN3C[C@@H]4C(=O)N3CCCC3)nn2)cc1. The van der Waals surface area contributed by atoms with Crippen molar-refractivity contribution in [2.75, 3.05) is 26.2 Å². The van der Waals surface area contributed by atoms with Gasteiger partial charge in [0.15, 0.2) is 0 Å². The van der Waals surface area contributed by atoms with E-state index in [1.807, 2.05) is 4.68 Å². The van der Waals surface area contributed by atoms with Crippen LogP contribution in [0, 0.1) is 11.8 Å². The van der Waals surface area contributed by atoms with Crippen molar-refractivity contribution in [2.24, 2.45) is 11.8 Å². The first kappa shape index (κ1) is 20.7. The maximum Gasteiger partial charge on any atom is 0.227 e. The van der Waals surface area contributed by atoms with Gasteiger partial charge < -0.3 is 4.90 Å². The summed E-state index contributed by atoms with van der Waals surface area (Å²) < 4.78 is 2.00. The maximum atomic E-state index is 13.0. The van der Waals surface area contributed by atoms with E-state index >= 15 is 0 Å². The van der Waals surface area contributed by atoms with Crippen LogP contribution in [0.15, 0.2) is 30.5 Å². The third-order valence-corrected chi connectivity index (χ3v) is 7.60. The molecule has 6 nitrogen and oxygen atoms in total. The lowest BCUT2D eigenvalue weighted by Gasteiger charge is -2.49. The number of likely N-dealkylation sites (tertiary alicyclic amines) is 1. The van der Waals surface area contributed by atoms with Crippen LogP contribution in [0.5, 0.6) is 0 Å². The zero-order valence-corrected chi connectivity index (χ0v) is 19.1. The van der Waals surface area contributed by atoms with Gasteiger partial charge in [-0.15, -0.1) is 5.10 Å². The van der Waals surface area contributed by atoms with E-state index in [-0.39, 0.29) is 11.3 Å². The second-order valence-corrected chi connectivity index (χ2v) is 10.7. The van der Waals surface area contributed by atoms with Crippen LogP contribution < -0.4 is 0 Å². The first-order chi connectivity index (χ1) is 14.9. The number of amides is 1. The van der Waals surface area contributed by atoms with E-state index in [9.17, 15) is 4.79 Å². The van der Waals surface area contributed by atoms with E-state index in [1.165, 1.54) is 18.4 Å². The van der Waals surface area contributed by atoms with E-state index < -0.39 is 0 Å². The summed E-state index contributed by atoms with van der Waals surface area (Å²) in [7, 11) is 0. The predicted molar refractivity (Wildman–Crippen MR) is 122 cm³/mol. The topological polar surface area (TPSA) is 54.3 Å². The Balaban J connectivity index is 1.23. The number of piperidine rings is 3. The number of hydrogen-bond donors (Lipinski definition) is 0. The molecule has 0 aliphatic carbocycles. The van der Waals surface area contributed by atoms with Gasteiger partial charge in [-0.2, -0.15) is 0 Å². The molecule has 1 aromatic carbocycles. The Labute approximate surface area is 185 Å². The first-order valence-corrected chi connectivity index (χ1v) is 11.9. The normalized spacial score (nSPS) is 28.3. The molecule has 2 bridgehead atoms. The summed E-state index contributed by atoms with van der Waals surface area (Å²) in [6.45, 7) is 11.5. The number of carbonyl (C=O) groups is 1. The van der Waals surface area contributed by atoms with Gasteiger partial charge in [0.1, 0.15) is 5.69 Å². The number of rotatable bonds is 4. The van der Waals surface area contributed by atoms with Crippen LogP contribution in [0.4, 0.5) is 0 Å². The van der Waals surface area contributed by atoms with Gasteiger partial charge >= 0.3 is 0 Å². The highest BCUT2D eigenvalue weighted by Crippen LogP contribution is 2.38. The van der Waals surface area contributed by atoms with Gasteiger partial charge in [-0.1, -0.05) is 50.3 Å². The van der Waals surface area contributed by atoms with Gasteiger partial charge in [-0.3, -0.25) is 14.4 Å². The minimum atomic E-state index is 0.152. The Morgan fingerprint density at radius 2 is 1.84 bits per heavy atom. The second kappa shape index (κ2) is 8.05. The van der Waals surface area contributed by atoms with Crippen molar-refractivity contribution in [1.29, 1.82) is 0 Å². The van der Waals surface area contributed by atoms with Crippen molar-refractivity contribution in [1.82, 2.24) is 24.8 Å². The standard InChI is InChI=1S/C25H35N5O/c1-25(2,3)20-8-6-18(7-9-20)23-17-30(27-26-23)15-21-14-19-10-13-29(21)16-22(19)24(31)28-11-4-5-12-28/h6-9,17,19,21-22H,4-5,10-16H2,1-3H3/t19-,21+,22-/m0/s1. The molecule has 0 radical (unpaired) electrons. The molecule has 0 spiro atoms. The highest BCUT2D eigenvalue weighted by Gasteiger charge is 2.44. The summed E-state index contributed by atoms with van der Waals surface area (Å²) in [5.41, 5.74) is 3.52. The molecule has 2 aromatic rings. The number of benzene rings is 1. The second-order valence-electron chi connectivity index (χ2n) is 10.7. The molecular formula is C25H35N5O. The molecule has 0 saturated carbocycles. The lowest BCUT2D eigenvalue weighted by Crippen LogP contribution is -2.58. The van der Waals surface area contributed by atoms with Crippen molar-refractivity contribution in [3.63, 3.8) is 0 Å². The molecule has 5 heterocycles. The molecule has 4 saturated heterocycles. The van der Waals surface area contributed by atoms with Crippen LogP contribution in [0.3, 0.4) is 0 Å². The monoisotopic (exact) mass is 421 g/mol. The summed E-state index contributed by atoms with van der Waals surface area (Å²) in [6.07, 6.45) is 6.66. The van der Waals surface area contributed by atoms with E-state index in [2.05, 4.69) is 71.3 Å². The van der Waals surface area contributed by atoms with E-state index in [0.717, 1.165) is 56.8 Å². The molecule has 0 N–H and O–H groups in total. The summed E-state index contributed by atoms with van der Waals surface area (Å²) in [6, 6.07) is 9.14. The zero-order chi connectivity index (χ0) is 21.6. The number of fused-ring (bicyclic) bond motifs is 3. The number of hydrogen-bond acceptors (Lipinski definition) is 4. The van der Waals surface area contributed by atoms with E-state index in [4.69, 9.17) is 0 Å². The molecule has 31 heavy (non-hydrogen) atoms. The molecule has 6 heteroatoms. The lowest BCUT2D eigenvalue weighted by atomic mass is 9.75. The minimum Gasteiger partial charge on any atom is -0.342 e. The molecule has 4 fully saturated rings. The smallest absolute Gasteiger partial charge is 0.227 e. The Hall–Kier alpha value is -2.21. The number of carbonyl (C=O) groups excluding carboxylic acids is 1. The molecule has 6 rings (SSSR count).